The number of amides is 1. The van der Waals surface area contributed by atoms with E-state index in [4.69, 9.17) is 9.84 Å². The van der Waals surface area contributed by atoms with Gasteiger partial charge in [-0.1, -0.05) is 31.2 Å². The molecule has 4 nitrogen and oxygen atoms in total. The summed E-state index contributed by atoms with van der Waals surface area (Å²) in [5.74, 6) is 1.11. The van der Waals surface area contributed by atoms with E-state index >= 15 is 0 Å². The van der Waals surface area contributed by atoms with Crippen LogP contribution in [0, 0.1) is 5.92 Å². The third kappa shape index (κ3) is 5.19. The van der Waals surface area contributed by atoms with Crippen molar-refractivity contribution < 1.29 is 14.6 Å². The highest BCUT2D eigenvalue weighted by molar-refractivity contribution is 5.76. The van der Waals surface area contributed by atoms with E-state index < -0.39 is 0 Å². The molecule has 2 rings (SSSR count). The van der Waals surface area contributed by atoms with Gasteiger partial charge in [0.25, 0.3) is 0 Å². The van der Waals surface area contributed by atoms with Gasteiger partial charge in [0, 0.05) is 25.0 Å². The average molecular weight is 303 g/mol. The molecule has 2 N–H and O–H groups in total. The Bertz CT molecular complexity index is 496. The van der Waals surface area contributed by atoms with Gasteiger partial charge in [0.1, 0.15) is 5.75 Å². The molecule has 0 saturated heterocycles. The lowest BCUT2D eigenvalue weighted by molar-refractivity contribution is -0.121. The summed E-state index contributed by atoms with van der Waals surface area (Å²) in [6.45, 7) is 2.95. The zero-order valence-electron chi connectivity index (χ0n) is 13.1. The van der Waals surface area contributed by atoms with Crippen LogP contribution in [0.4, 0.5) is 0 Å². The highest BCUT2D eigenvalue weighted by Crippen LogP contribution is 2.17. The van der Waals surface area contributed by atoms with Crippen LogP contribution in [0.15, 0.2) is 36.4 Å². The number of hydrogen-bond donors (Lipinski definition) is 2. The fourth-order valence-corrected chi connectivity index (χ4v) is 2.53. The van der Waals surface area contributed by atoms with E-state index in [2.05, 4.69) is 12.2 Å². The number of nitrogens with one attached hydrogen (secondary N) is 1. The zero-order chi connectivity index (χ0) is 15.8. The van der Waals surface area contributed by atoms with E-state index in [-0.39, 0.29) is 24.5 Å². The topological polar surface area (TPSA) is 58.6 Å². The Balaban J connectivity index is 1.71. The van der Waals surface area contributed by atoms with Crippen molar-refractivity contribution in [2.75, 3.05) is 13.2 Å². The molecule has 0 radical (unpaired) electrons. The highest BCUT2D eigenvalue weighted by atomic mass is 16.5. The van der Waals surface area contributed by atoms with Crippen molar-refractivity contribution in [3.63, 3.8) is 0 Å². The minimum absolute atomic E-state index is 0.0551. The number of benzene rings is 1. The van der Waals surface area contributed by atoms with Gasteiger partial charge >= 0.3 is 0 Å². The maximum Gasteiger partial charge on any atom is 0.220 e. The van der Waals surface area contributed by atoms with Gasteiger partial charge in [-0.25, -0.2) is 0 Å². The Morgan fingerprint density at radius 2 is 2.09 bits per heavy atom. The van der Waals surface area contributed by atoms with Crippen LogP contribution in [0.25, 0.3) is 0 Å². The van der Waals surface area contributed by atoms with E-state index in [0.29, 0.717) is 6.42 Å². The Labute approximate surface area is 132 Å². The number of ether oxygens (including phenoxy) is 1. The molecule has 1 aromatic carbocycles. The van der Waals surface area contributed by atoms with Crippen molar-refractivity contribution in [2.45, 2.75) is 38.6 Å². The Morgan fingerprint density at radius 1 is 1.32 bits per heavy atom. The molecular weight excluding hydrogens is 278 g/mol. The molecule has 0 fully saturated rings. The molecule has 2 atom stereocenters. The molecule has 0 aromatic heterocycles. The van der Waals surface area contributed by atoms with Gasteiger partial charge in [0.2, 0.25) is 5.91 Å². The normalized spacial score (nSPS) is 20.1. The predicted octanol–water partition coefficient (Wildman–Crippen LogP) is 2.46. The first-order chi connectivity index (χ1) is 10.7. The van der Waals surface area contributed by atoms with Crippen LogP contribution in [-0.2, 0) is 11.2 Å². The Morgan fingerprint density at radius 3 is 2.73 bits per heavy atom. The molecule has 4 heteroatoms. The highest BCUT2D eigenvalue weighted by Gasteiger charge is 2.19. The van der Waals surface area contributed by atoms with E-state index in [1.165, 1.54) is 0 Å². The SMILES string of the molecule is CCCOc1ccc(CCC(=O)N[C@@H]2C=C[C@H](CO)C2)cc1. The molecule has 120 valence electrons. The molecule has 0 unspecified atom stereocenters. The molecule has 0 saturated carbocycles. The van der Waals surface area contributed by atoms with Gasteiger partial charge in [-0.15, -0.1) is 0 Å². The molecule has 22 heavy (non-hydrogen) atoms. The van der Waals surface area contributed by atoms with Crippen LogP contribution in [0.3, 0.4) is 0 Å². The summed E-state index contributed by atoms with van der Waals surface area (Å²) >= 11 is 0. The summed E-state index contributed by atoms with van der Waals surface area (Å²) in [5, 5.41) is 12.1. The van der Waals surface area contributed by atoms with Crippen molar-refractivity contribution in [2.24, 2.45) is 5.92 Å². The standard InChI is InChI=1S/C18H25NO3/c1-2-11-22-17-8-4-14(5-9-17)6-10-18(21)19-16-7-3-15(12-16)13-20/h3-5,7-9,15-16,20H,2,6,10-13H2,1H3,(H,19,21)/t15-,16+/m0/s1. The van der Waals surface area contributed by atoms with E-state index in [0.717, 1.165) is 37.2 Å². The average Bonchev–Trinajstić information content (AvgIpc) is 2.99. The van der Waals surface area contributed by atoms with Gasteiger partial charge < -0.3 is 15.2 Å². The number of hydrogen-bond acceptors (Lipinski definition) is 3. The number of aryl methyl sites for hydroxylation is 1. The quantitative estimate of drug-likeness (QED) is 0.725. The van der Waals surface area contributed by atoms with Gasteiger partial charge in [0.15, 0.2) is 0 Å². The molecule has 1 amide bonds. The number of aliphatic hydroxyl groups is 1. The lowest BCUT2D eigenvalue weighted by Crippen LogP contribution is -2.33. The van der Waals surface area contributed by atoms with Gasteiger partial charge in [-0.05, 0) is 37.0 Å². The molecule has 0 heterocycles. The van der Waals surface area contributed by atoms with Crippen LogP contribution in [0.2, 0.25) is 0 Å². The van der Waals surface area contributed by atoms with E-state index in [1.54, 1.807) is 0 Å². The van der Waals surface area contributed by atoms with Crippen molar-refractivity contribution in [3.05, 3.63) is 42.0 Å². The van der Waals surface area contributed by atoms with E-state index in [1.807, 2.05) is 36.4 Å². The summed E-state index contributed by atoms with van der Waals surface area (Å²) in [7, 11) is 0. The largest absolute Gasteiger partial charge is 0.494 e. The third-order valence-electron chi connectivity index (χ3n) is 3.79. The first-order valence-electron chi connectivity index (χ1n) is 8.01. The van der Waals surface area contributed by atoms with Crippen LogP contribution >= 0.6 is 0 Å². The van der Waals surface area contributed by atoms with Crippen molar-refractivity contribution in [1.29, 1.82) is 0 Å². The summed E-state index contributed by atoms with van der Waals surface area (Å²) < 4.78 is 5.54. The second kappa shape index (κ2) is 8.59. The summed E-state index contributed by atoms with van der Waals surface area (Å²) in [6.07, 6.45) is 6.93. The second-order valence-corrected chi connectivity index (χ2v) is 5.73. The number of carbonyl (C=O) groups is 1. The molecule has 1 aromatic rings. The Kier molecular flexibility index (Phi) is 6.46. The van der Waals surface area contributed by atoms with Crippen molar-refractivity contribution >= 4 is 5.91 Å². The summed E-state index contributed by atoms with van der Waals surface area (Å²) in [5.41, 5.74) is 1.13. The second-order valence-electron chi connectivity index (χ2n) is 5.73. The maximum atomic E-state index is 11.9. The minimum Gasteiger partial charge on any atom is -0.494 e. The fourth-order valence-electron chi connectivity index (χ4n) is 2.53. The third-order valence-corrected chi connectivity index (χ3v) is 3.79. The molecular formula is C18H25NO3. The number of rotatable bonds is 8. The molecule has 1 aliphatic carbocycles. The summed E-state index contributed by atoms with van der Waals surface area (Å²) in [6, 6.07) is 7.99. The minimum atomic E-state index is 0.0551. The Hall–Kier alpha value is -1.81. The number of aliphatic hydroxyl groups excluding tert-OH is 1. The summed E-state index contributed by atoms with van der Waals surface area (Å²) in [4.78, 5) is 11.9. The monoisotopic (exact) mass is 303 g/mol. The predicted molar refractivity (Wildman–Crippen MR) is 86.8 cm³/mol. The van der Waals surface area contributed by atoms with Crippen LogP contribution in [-0.4, -0.2) is 30.3 Å². The van der Waals surface area contributed by atoms with E-state index in [9.17, 15) is 4.79 Å². The molecule has 0 bridgehead atoms. The van der Waals surface area contributed by atoms with Crippen molar-refractivity contribution in [3.8, 4) is 5.75 Å². The van der Waals surface area contributed by atoms with Crippen molar-refractivity contribution in [1.82, 2.24) is 5.32 Å². The van der Waals surface area contributed by atoms with Gasteiger partial charge in [-0.3, -0.25) is 4.79 Å². The van der Waals surface area contributed by atoms with Crippen LogP contribution < -0.4 is 10.1 Å². The smallest absolute Gasteiger partial charge is 0.220 e. The van der Waals surface area contributed by atoms with Gasteiger partial charge in [-0.2, -0.15) is 0 Å². The maximum absolute atomic E-state index is 11.9. The number of carbonyl (C=O) groups excluding carboxylic acids is 1. The lowest BCUT2D eigenvalue weighted by atomic mass is 10.1. The fraction of sp³-hybridized carbons (Fsp3) is 0.500. The lowest BCUT2D eigenvalue weighted by Gasteiger charge is -2.12. The van der Waals surface area contributed by atoms with Gasteiger partial charge in [0.05, 0.1) is 6.61 Å². The first kappa shape index (κ1) is 16.6. The first-order valence-corrected chi connectivity index (χ1v) is 8.01. The zero-order valence-corrected chi connectivity index (χ0v) is 13.1. The molecule has 0 aliphatic heterocycles. The molecule has 1 aliphatic rings. The van der Waals surface area contributed by atoms with Crippen LogP contribution in [0.1, 0.15) is 31.7 Å². The van der Waals surface area contributed by atoms with Crippen LogP contribution in [0.5, 0.6) is 5.75 Å². The molecule has 0 spiro atoms.